The summed E-state index contributed by atoms with van der Waals surface area (Å²) in [6, 6.07) is 14.5. The van der Waals surface area contributed by atoms with E-state index in [2.05, 4.69) is 21.0 Å². The van der Waals surface area contributed by atoms with Crippen LogP contribution in [0.25, 0.3) is 11.3 Å². The number of hydrogen-bond donors (Lipinski definition) is 3. The van der Waals surface area contributed by atoms with Crippen LogP contribution in [-0.4, -0.2) is 35.0 Å². The molecule has 0 unspecified atom stereocenters. The quantitative estimate of drug-likeness (QED) is 0.542. The molecule has 1 aliphatic rings. The highest BCUT2D eigenvalue weighted by molar-refractivity contribution is 6.30. The average molecular weight is 426 g/mol. The topological polar surface area (TPSA) is 80.2 Å². The van der Waals surface area contributed by atoms with Crippen LogP contribution in [0.4, 0.5) is 16.2 Å². The second kappa shape index (κ2) is 9.19. The minimum Gasteiger partial charge on any atom is -0.491 e. The molecule has 156 valence electrons. The number of halogens is 1. The number of nitrogens with one attached hydrogen (secondary N) is 3. The molecule has 2 amide bonds. The Balaban J connectivity index is 1.51. The SMILES string of the molecule is Cn1nccc1-c1cc(NC(=O)Nc2ccc(Cl)cc2)ccc1OC[C@H]1CCCN1. The highest BCUT2D eigenvalue weighted by Crippen LogP contribution is 2.33. The zero-order valence-electron chi connectivity index (χ0n) is 16.7. The molecule has 8 heteroatoms. The fourth-order valence-corrected chi connectivity index (χ4v) is 3.61. The van der Waals surface area contributed by atoms with Gasteiger partial charge in [-0.15, -0.1) is 0 Å². The predicted octanol–water partition coefficient (Wildman–Crippen LogP) is 4.52. The van der Waals surface area contributed by atoms with Crippen molar-refractivity contribution in [1.29, 1.82) is 0 Å². The maximum atomic E-state index is 12.4. The van der Waals surface area contributed by atoms with Gasteiger partial charge < -0.3 is 20.7 Å². The second-order valence-corrected chi connectivity index (χ2v) is 7.68. The van der Waals surface area contributed by atoms with Gasteiger partial charge in [0.25, 0.3) is 0 Å². The first kappa shape index (κ1) is 20.3. The van der Waals surface area contributed by atoms with Crippen LogP contribution in [0.1, 0.15) is 12.8 Å². The molecule has 0 aliphatic carbocycles. The van der Waals surface area contributed by atoms with Crippen LogP contribution >= 0.6 is 11.6 Å². The zero-order valence-corrected chi connectivity index (χ0v) is 17.4. The summed E-state index contributed by atoms with van der Waals surface area (Å²) in [6.45, 7) is 1.64. The van der Waals surface area contributed by atoms with Gasteiger partial charge in [0.15, 0.2) is 0 Å². The molecule has 0 saturated carbocycles. The molecule has 2 heterocycles. The first-order valence-corrected chi connectivity index (χ1v) is 10.3. The molecular weight excluding hydrogens is 402 g/mol. The third-order valence-electron chi connectivity index (χ3n) is 5.04. The number of urea groups is 1. The van der Waals surface area contributed by atoms with Crippen LogP contribution < -0.4 is 20.7 Å². The summed E-state index contributed by atoms with van der Waals surface area (Å²) in [7, 11) is 1.88. The summed E-state index contributed by atoms with van der Waals surface area (Å²) in [5.74, 6) is 0.760. The van der Waals surface area contributed by atoms with Gasteiger partial charge in [0.2, 0.25) is 0 Å². The summed E-state index contributed by atoms with van der Waals surface area (Å²) in [4.78, 5) is 12.4. The number of aryl methyl sites for hydroxylation is 1. The van der Waals surface area contributed by atoms with Gasteiger partial charge in [0.1, 0.15) is 12.4 Å². The summed E-state index contributed by atoms with van der Waals surface area (Å²) >= 11 is 5.89. The van der Waals surface area contributed by atoms with Crippen LogP contribution in [0.5, 0.6) is 5.75 Å². The van der Waals surface area contributed by atoms with Gasteiger partial charge in [-0.1, -0.05) is 11.6 Å². The Bertz CT molecular complexity index is 1010. The van der Waals surface area contributed by atoms with Gasteiger partial charge >= 0.3 is 6.03 Å². The summed E-state index contributed by atoms with van der Waals surface area (Å²) in [5.41, 5.74) is 3.10. The number of nitrogens with zero attached hydrogens (tertiary/aromatic N) is 2. The highest BCUT2D eigenvalue weighted by Gasteiger charge is 2.17. The lowest BCUT2D eigenvalue weighted by Gasteiger charge is -2.17. The first-order chi connectivity index (χ1) is 14.6. The van der Waals surface area contributed by atoms with Crippen LogP contribution in [0.3, 0.4) is 0 Å². The van der Waals surface area contributed by atoms with E-state index in [9.17, 15) is 4.79 Å². The summed E-state index contributed by atoms with van der Waals surface area (Å²) in [6.07, 6.45) is 4.03. The number of ether oxygens (including phenoxy) is 1. The molecule has 0 bridgehead atoms. The number of benzene rings is 2. The lowest BCUT2D eigenvalue weighted by Crippen LogP contribution is -2.28. The highest BCUT2D eigenvalue weighted by atomic mass is 35.5. The van der Waals surface area contributed by atoms with Gasteiger partial charge in [-0.2, -0.15) is 5.10 Å². The summed E-state index contributed by atoms with van der Waals surface area (Å²) < 4.78 is 7.91. The smallest absolute Gasteiger partial charge is 0.323 e. The normalized spacial score (nSPS) is 15.7. The molecule has 1 saturated heterocycles. The number of rotatable bonds is 6. The van der Waals surface area contributed by atoms with E-state index < -0.39 is 0 Å². The van der Waals surface area contributed by atoms with E-state index in [0.717, 1.165) is 30.0 Å². The molecule has 0 radical (unpaired) electrons. The fraction of sp³-hybridized carbons (Fsp3) is 0.273. The second-order valence-electron chi connectivity index (χ2n) is 7.24. The van der Waals surface area contributed by atoms with Crippen LogP contribution in [0, 0.1) is 0 Å². The number of amides is 2. The minimum absolute atomic E-state index is 0.336. The maximum Gasteiger partial charge on any atom is 0.323 e. The largest absolute Gasteiger partial charge is 0.491 e. The Hall–Kier alpha value is -3.03. The van der Waals surface area contributed by atoms with E-state index in [1.807, 2.05) is 31.3 Å². The van der Waals surface area contributed by atoms with Crippen molar-refractivity contribution in [1.82, 2.24) is 15.1 Å². The summed E-state index contributed by atoms with van der Waals surface area (Å²) in [5, 5.41) is 14.0. The Morgan fingerprint density at radius 2 is 1.97 bits per heavy atom. The predicted molar refractivity (Wildman–Crippen MR) is 119 cm³/mol. The van der Waals surface area contributed by atoms with Gasteiger partial charge in [0, 0.05) is 41.2 Å². The molecule has 3 aromatic rings. The monoisotopic (exact) mass is 425 g/mol. The molecule has 4 rings (SSSR count). The van der Waals surface area contributed by atoms with Crippen molar-refractivity contribution in [2.75, 3.05) is 23.8 Å². The van der Waals surface area contributed by atoms with Crippen LogP contribution in [0.2, 0.25) is 5.02 Å². The number of aromatic nitrogens is 2. The third-order valence-corrected chi connectivity index (χ3v) is 5.29. The number of hydrogen-bond acceptors (Lipinski definition) is 4. The Morgan fingerprint density at radius 1 is 1.20 bits per heavy atom. The average Bonchev–Trinajstić information content (AvgIpc) is 3.40. The van der Waals surface area contributed by atoms with Crippen molar-refractivity contribution in [2.45, 2.75) is 18.9 Å². The van der Waals surface area contributed by atoms with Gasteiger partial charge in [-0.3, -0.25) is 4.68 Å². The molecule has 1 atom stereocenters. The number of carbonyl (C=O) groups is 1. The zero-order chi connectivity index (χ0) is 20.9. The van der Waals surface area contributed by atoms with Gasteiger partial charge in [-0.05, 0) is 67.9 Å². The Kier molecular flexibility index (Phi) is 6.21. The van der Waals surface area contributed by atoms with Gasteiger partial charge in [0.05, 0.1) is 5.69 Å². The number of anilines is 2. The van der Waals surface area contributed by atoms with Crippen molar-refractivity contribution < 1.29 is 9.53 Å². The number of carbonyl (C=O) groups excluding carboxylic acids is 1. The molecular formula is C22H24ClN5O2. The van der Waals surface area contributed by atoms with Crippen LogP contribution in [-0.2, 0) is 7.05 Å². The van der Waals surface area contributed by atoms with Crippen molar-refractivity contribution in [3.63, 3.8) is 0 Å². The van der Waals surface area contributed by atoms with Crippen molar-refractivity contribution >= 4 is 29.0 Å². The fourth-order valence-electron chi connectivity index (χ4n) is 3.49. The van der Waals surface area contributed by atoms with Crippen molar-refractivity contribution in [3.05, 3.63) is 59.8 Å². The molecule has 2 aromatic carbocycles. The van der Waals surface area contributed by atoms with Gasteiger partial charge in [-0.25, -0.2) is 4.79 Å². The standard InChI is InChI=1S/C22H24ClN5O2/c1-28-20(10-12-25-28)19-13-17(8-9-21(19)30-14-18-3-2-11-24-18)27-22(29)26-16-6-4-15(23)5-7-16/h4-10,12-13,18,24H,2-3,11,14H2,1H3,(H2,26,27,29)/t18-/m1/s1. The van der Waals surface area contributed by atoms with Crippen molar-refractivity contribution in [2.24, 2.45) is 7.05 Å². The molecule has 1 aliphatic heterocycles. The van der Waals surface area contributed by atoms with E-state index in [1.165, 1.54) is 6.42 Å². The maximum absolute atomic E-state index is 12.4. The molecule has 0 spiro atoms. The van der Waals surface area contributed by atoms with Crippen LogP contribution in [0.15, 0.2) is 54.7 Å². The molecule has 7 nitrogen and oxygen atoms in total. The molecule has 1 fully saturated rings. The lowest BCUT2D eigenvalue weighted by atomic mass is 10.1. The Morgan fingerprint density at radius 3 is 2.67 bits per heavy atom. The molecule has 3 N–H and O–H groups in total. The van der Waals surface area contributed by atoms with Crippen molar-refractivity contribution in [3.8, 4) is 17.0 Å². The minimum atomic E-state index is -0.336. The molecule has 1 aromatic heterocycles. The van der Waals surface area contributed by atoms with E-state index >= 15 is 0 Å². The first-order valence-electron chi connectivity index (χ1n) is 9.91. The van der Waals surface area contributed by atoms with E-state index in [1.54, 1.807) is 35.1 Å². The van der Waals surface area contributed by atoms with E-state index in [0.29, 0.717) is 29.0 Å². The molecule has 30 heavy (non-hydrogen) atoms. The third kappa shape index (κ3) is 4.93. The Labute approximate surface area is 180 Å². The lowest BCUT2D eigenvalue weighted by molar-refractivity contribution is 0.262. The van der Waals surface area contributed by atoms with E-state index in [4.69, 9.17) is 16.3 Å². The van der Waals surface area contributed by atoms with E-state index in [-0.39, 0.29) is 6.03 Å².